The van der Waals surface area contributed by atoms with Gasteiger partial charge in [0, 0.05) is 49.8 Å². The van der Waals surface area contributed by atoms with Crippen molar-refractivity contribution in [2.45, 2.75) is 57.7 Å². The van der Waals surface area contributed by atoms with Crippen LogP contribution in [0.3, 0.4) is 0 Å². The molecule has 1 aliphatic heterocycles. The molecule has 0 aliphatic carbocycles. The number of ether oxygens (including phenoxy) is 2. The van der Waals surface area contributed by atoms with Gasteiger partial charge in [0.05, 0.1) is 12.2 Å². The minimum Gasteiger partial charge on any atom is -0.383 e. The summed E-state index contributed by atoms with van der Waals surface area (Å²) in [4.78, 5) is 12.4. The van der Waals surface area contributed by atoms with Gasteiger partial charge in [-0.1, -0.05) is 18.2 Å². The summed E-state index contributed by atoms with van der Waals surface area (Å²) >= 11 is 0. The lowest BCUT2D eigenvalue weighted by molar-refractivity contribution is -0.124. The number of aryl methyl sites for hydroxylation is 1. The minimum absolute atomic E-state index is 0.126. The average Bonchev–Trinajstić information content (AvgIpc) is 2.95. The van der Waals surface area contributed by atoms with Crippen LogP contribution in [0.4, 0.5) is 0 Å². The van der Waals surface area contributed by atoms with Gasteiger partial charge in [-0.2, -0.15) is 0 Å². The molecule has 1 fully saturated rings. The van der Waals surface area contributed by atoms with Gasteiger partial charge < -0.3 is 19.4 Å². The lowest BCUT2D eigenvalue weighted by atomic mass is 9.94. The second-order valence-corrected chi connectivity index (χ2v) is 7.72. The topological polar surface area (TPSA) is 52.5 Å². The lowest BCUT2D eigenvalue weighted by Gasteiger charge is -2.35. The Morgan fingerprint density at radius 1 is 1.38 bits per heavy atom. The molecule has 0 unspecified atom stereocenters. The zero-order chi connectivity index (χ0) is 18.6. The summed E-state index contributed by atoms with van der Waals surface area (Å²) in [6.07, 6.45) is 5.18. The molecule has 5 heteroatoms. The Morgan fingerprint density at radius 2 is 2.19 bits per heavy atom. The number of methoxy groups -OCH3 is 1. The second-order valence-electron chi connectivity index (χ2n) is 7.72. The minimum atomic E-state index is -0.148. The summed E-state index contributed by atoms with van der Waals surface area (Å²) in [5.41, 5.74) is 2.27. The van der Waals surface area contributed by atoms with Gasteiger partial charge in [0.2, 0.25) is 5.91 Å². The number of carbonyl (C=O) groups is 1. The summed E-state index contributed by atoms with van der Waals surface area (Å²) in [5.74, 6) is 0.126. The molecular formula is C21H30N2O3. The molecule has 0 radical (unpaired) electrons. The third-order valence-corrected chi connectivity index (χ3v) is 5.09. The van der Waals surface area contributed by atoms with Crippen LogP contribution in [0.1, 0.15) is 38.7 Å². The van der Waals surface area contributed by atoms with Gasteiger partial charge in [0.1, 0.15) is 0 Å². The monoisotopic (exact) mass is 358 g/mol. The highest BCUT2D eigenvalue weighted by molar-refractivity contribution is 5.85. The SMILES string of the molecule is COCCn1cc(CCC(=O)N[C@@H]2CCOC(C)(C)C2)c2ccccc21. The summed E-state index contributed by atoms with van der Waals surface area (Å²) in [7, 11) is 1.72. The Morgan fingerprint density at radius 3 is 2.96 bits per heavy atom. The maximum absolute atomic E-state index is 12.4. The molecule has 3 rings (SSSR count). The van der Waals surface area contributed by atoms with Gasteiger partial charge in [-0.3, -0.25) is 4.79 Å². The number of rotatable bonds is 7. The summed E-state index contributed by atoms with van der Waals surface area (Å²) in [6.45, 7) is 6.38. The number of amides is 1. The molecule has 1 N–H and O–H groups in total. The highest BCUT2D eigenvalue weighted by Gasteiger charge is 2.29. The van der Waals surface area contributed by atoms with Crippen LogP contribution in [0.15, 0.2) is 30.5 Å². The maximum Gasteiger partial charge on any atom is 0.220 e. The van der Waals surface area contributed by atoms with E-state index in [0.717, 1.165) is 25.8 Å². The Balaban J connectivity index is 1.61. The van der Waals surface area contributed by atoms with Crippen LogP contribution < -0.4 is 5.32 Å². The fraction of sp³-hybridized carbons (Fsp3) is 0.571. The van der Waals surface area contributed by atoms with Crippen molar-refractivity contribution in [3.05, 3.63) is 36.0 Å². The van der Waals surface area contributed by atoms with E-state index in [1.807, 2.05) is 0 Å². The van der Waals surface area contributed by atoms with Crippen LogP contribution in [0.5, 0.6) is 0 Å². The molecule has 1 atom stereocenters. The van der Waals surface area contributed by atoms with Gasteiger partial charge in [-0.25, -0.2) is 0 Å². The molecule has 142 valence electrons. The predicted octanol–water partition coefficient (Wildman–Crippen LogP) is 3.29. The van der Waals surface area contributed by atoms with Crippen LogP contribution in [-0.2, 0) is 27.2 Å². The third-order valence-electron chi connectivity index (χ3n) is 5.09. The third kappa shape index (κ3) is 4.65. The number of nitrogens with zero attached hydrogens (tertiary/aromatic N) is 1. The zero-order valence-corrected chi connectivity index (χ0v) is 16.1. The molecule has 0 bridgehead atoms. The number of nitrogens with one attached hydrogen (secondary N) is 1. The van der Waals surface area contributed by atoms with Gasteiger partial charge >= 0.3 is 0 Å². The fourth-order valence-corrected chi connectivity index (χ4v) is 3.80. The molecule has 0 saturated carbocycles. The fourth-order valence-electron chi connectivity index (χ4n) is 3.80. The number of para-hydroxylation sites is 1. The van der Waals surface area contributed by atoms with Crippen molar-refractivity contribution in [3.63, 3.8) is 0 Å². The molecule has 5 nitrogen and oxygen atoms in total. The first-order valence-corrected chi connectivity index (χ1v) is 9.47. The van der Waals surface area contributed by atoms with Crippen molar-refractivity contribution in [3.8, 4) is 0 Å². The molecule has 1 amide bonds. The Bertz CT molecular complexity index is 751. The first-order chi connectivity index (χ1) is 12.5. The predicted molar refractivity (Wildman–Crippen MR) is 103 cm³/mol. The van der Waals surface area contributed by atoms with E-state index < -0.39 is 0 Å². The van der Waals surface area contributed by atoms with E-state index in [2.05, 4.69) is 54.2 Å². The number of hydrogen-bond donors (Lipinski definition) is 1. The van der Waals surface area contributed by atoms with E-state index >= 15 is 0 Å². The van der Waals surface area contributed by atoms with Crippen LogP contribution in [0.25, 0.3) is 10.9 Å². The van der Waals surface area contributed by atoms with E-state index in [9.17, 15) is 4.79 Å². The normalized spacial score (nSPS) is 19.6. The van der Waals surface area contributed by atoms with E-state index in [1.165, 1.54) is 16.5 Å². The molecule has 26 heavy (non-hydrogen) atoms. The van der Waals surface area contributed by atoms with Crippen molar-refractivity contribution in [2.75, 3.05) is 20.3 Å². The number of benzene rings is 1. The zero-order valence-electron chi connectivity index (χ0n) is 16.1. The second kappa shape index (κ2) is 8.23. The quantitative estimate of drug-likeness (QED) is 0.826. The first kappa shape index (κ1) is 18.9. The molecular weight excluding hydrogens is 328 g/mol. The highest BCUT2D eigenvalue weighted by atomic mass is 16.5. The Labute approximate surface area is 155 Å². The van der Waals surface area contributed by atoms with E-state index in [4.69, 9.17) is 9.47 Å². The molecule has 1 aromatic heterocycles. The van der Waals surface area contributed by atoms with Crippen LogP contribution in [0, 0.1) is 0 Å². The highest BCUT2D eigenvalue weighted by Crippen LogP contribution is 2.25. The number of aromatic nitrogens is 1. The van der Waals surface area contributed by atoms with Crippen molar-refractivity contribution in [1.82, 2.24) is 9.88 Å². The number of hydrogen-bond acceptors (Lipinski definition) is 3. The molecule has 1 saturated heterocycles. The molecule has 2 heterocycles. The van der Waals surface area contributed by atoms with Gasteiger partial charge in [-0.05, 0) is 44.7 Å². The maximum atomic E-state index is 12.4. The van der Waals surface area contributed by atoms with E-state index in [1.54, 1.807) is 7.11 Å². The van der Waals surface area contributed by atoms with Crippen molar-refractivity contribution in [2.24, 2.45) is 0 Å². The summed E-state index contributed by atoms with van der Waals surface area (Å²) in [6, 6.07) is 8.58. The first-order valence-electron chi connectivity index (χ1n) is 9.47. The van der Waals surface area contributed by atoms with Gasteiger partial charge in [0.25, 0.3) is 0 Å². The standard InChI is InChI=1S/C21H30N2O3/c1-21(2)14-17(10-12-26-21)22-20(24)9-8-16-15-23(11-13-25-3)19-7-5-4-6-18(16)19/h4-7,15,17H,8-14H2,1-3H3,(H,22,24)/t17-/m1/s1. The van der Waals surface area contributed by atoms with Crippen LogP contribution >= 0.6 is 0 Å². The summed E-state index contributed by atoms with van der Waals surface area (Å²) in [5, 5.41) is 4.41. The molecule has 0 spiro atoms. The van der Waals surface area contributed by atoms with Crippen molar-refractivity contribution >= 4 is 16.8 Å². The molecule has 2 aromatic rings. The van der Waals surface area contributed by atoms with E-state index in [-0.39, 0.29) is 17.6 Å². The lowest BCUT2D eigenvalue weighted by Crippen LogP contribution is -2.45. The molecule has 1 aromatic carbocycles. The van der Waals surface area contributed by atoms with Crippen molar-refractivity contribution < 1.29 is 14.3 Å². The number of carbonyl (C=O) groups excluding carboxylic acids is 1. The van der Waals surface area contributed by atoms with E-state index in [0.29, 0.717) is 19.6 Å². The largest absolute Gasteiger partial charge is 0.383 e. The van der Waals surface area contributed by atoms with Crippen LogP contribution in [0.2, 0.25) is 0 Å². The van der Waals surface area contributed by atoms with Gasteiger partial charge in [0.15, 0.2) is 0 Å². The molecule has 1 aliphatic rings. The summed E-state index contributed by atoms with van der Waals surface area (Å²) < 4.78 is 13.1. The number of fused-ring (bicyclic) bond motifs is 1. The van der Waals surface area contributed by atoms with Gasteiger partial charge in [-0.15, -0.1) is 0 Å². The Hall–Kier alpha value is -1.85. The smallest absolute Gasteiger partial charge is 0.220 e. The van der Waals surface area contributed by atoms with Crippen molar-refractivity contribution in [1.29, 1.82) is 0 Å². The Kier molecular flexibility index (Phi) is 5.99. The average molecular weight is 358 g/mol. The van der Waals surface area contributed by atoms with Crippen LogP contribution in [-0.4, -0.2) is 42.4 Å².